The van der Waals surface area contributed by atoms with Crippen molar-refractivity contribution in [3.8, 4) is 0 Å². The minimum atomic E-state index is -0.446. The highest BCUT2D eigenvalue weighted by atomic mass is 32.1. The second-order valence-electron chi connectivity index (χ2n) is 5.37. The molecule has 2 N–H and O–H groups in total. The maximum Gasteiger partial charge on any atom is 0.274 e. The van der Waals surface area contributed by atoms with Gasteiger partial charge in [0.15, 0.2) is 5.11 Å². The van der Waals surface area contributed by atoms with Crippen LogP contribution in [0.3, 0.4) is 0 Å². The predicted octanol–water partition coefficient (Wildman–Crippen LogP) is 4.08. The number of hydrogen-bond donors (Lipinski definition) is 2. The second kappa shape index (κ2) is 9.89. The van der Waals surface area contributed by atoms with Crippen LogP contribution in [0.5, 0.6) is 0 Å². The smallest absolute Gasteiger partial charge is 0.274 e. The average molecular weight is 337 g/mol. The van der Waals surface area contributed by atoms with E-state index in [4.69, 9.17) is 12.2 Å². The highest BCUT2D eigenvalue weighted by Crippen LogP contribution is 2.24. The van der Waals surface area contributed by atoms with Gasteiger partial charge in [-0.15, -0.1) is 0 Å². The standard InChI is InChI=1S/C16H23N3O3S/c1-3-4-5-6-7-11-15(20)18-16(23)17-13-9-8-10-14(12(13)2)19(21)22/h8-10H,3-7,11H2,1-2H3,(H2,17,18,20,23). The first kappa shape index (κ1) is 19.0. The van der Waals surface area contributed by atoms with Crippen molar-refractivity contribution in [2.24, 2.45) is 0 Å². The molecule has 0 saturated heterocycles. The number of nitrogens with zero attached hydrogens (tertiary/aromatic N) is 1. The minimum absolute atomic E-state index is 0.0139. The van der Waals surface area contributed by atoms with E-state index in [1.165, 1.54) is 18.9 Å². The van der Waals surface area contributed by atoms with E-state index in [1.807, 2.05) is 0 Å². The molecule has 0 radical (unpaired) electrons. The maximum atomic E-state index is 11.8. The SMILES string of the molecule is CCCCCCCC(=O)NC(=S)Nc1cccc([N+](=O)[O-])c1C. The number of nitro groups is 1. The lowest BCUT2D eigenvalue weighted by atomic mass is 10.1. The Balaban J connectivity index is 2.46. The van der Waals surface area contributed by atoms with Crippen molar-refractivity contribution in [1.82, 2.24) is 5.32 Å². The predicted molar refractivity (Wildman–Crippen MR) is 95.6 cm³/mol. The van der Waals surface area contributed by atoms with Gasteiger partial charge in [-0.2, -0.15) is 0 Å². The molecule has 0 bridgehead atoms. The number of amides is 1. The summed E-state index contributed by atoms with van der Waals surface area (Å²) in [7, 11) is 0. The van der Waals surface area contributed by atoms with Crippen LogP contribution in [0.1, 0.15) is 51.0 Å². The number of nitro benzene ring substituents is 1. The largest absolute Gasteiger partial charge is 0.332 e. The van der Waals surface area contributed by atoms with Crippen LogP contribution in [0.25, 0.3) is 0 Å². The van der Waals surface area contributed by atoms with Gasteiger partial charge in [-0.25, -0.2) is 0 Å². The number of nitrogens with one attached hydrogen (secondary N) is 2. The number of benzene rings is 1. The molecule has 0 aromatic heterocycles. The molecule has 0 heterocycles. The van der Waals surface area contributed by atoms with E-state index in [-0.39, 0.29) is 16.7 Å². The van der Waals surface area contributed by atoms with Crippen molar-refractivity contribution in [3.63, 3.8) is 0 Å². The van der Waals surface area contributed by atoms with E-state index in [1.54, 1.807) is 19.1 Å². The van der Waals surface area contributed by atoms with E-state index in [0.717, 1.165) is 19.3 Å². The fraction of sp³-hybridized carbons (Fsp3) is 0.500. The minimum Gasteiger partial charge on any atom is -0.332 e. The summed E-state index contributed by atoms with van der Waals surface area (Å²) in [4.78, 5) is 22.2. The van der Waals surface area contributed by atoms with Crippen molar-refractivity contribution in [2.45, 2.75) is 52.4 Å². The monoisotopic (exact) mass is 337 g/mol. The summed E-state index contributed by atoms with van der Waals surface area (Å²) >= 11 is 5.09. The molecular formula is C16H23N3O3S. The maximum absolute atomic E-state index is 11.8. The molecule has 1 aromatic carbocycles. The van der Waals surface area contributed by atoms with Crippen LogP contribution in [0.15, 0.2) is 18.2 Å². The molecule has 1 amide bonds. The summed E-state index contributed by atoms with van der Waals surface area (Å²) in [6, 6.07) is 4.69. The van der Waals surface area contributed by atoms with E-state index >= 15 is 0 Å². The van der Waals surface area contributed by atoms with Crippen LogP contribution < -0.4 is 10.6 Å². The Morgan fingerprint density at radius 1 is 1.26 bits per heavy atom. The molecule has 0 spiro atoms. The van der Waals surface area contributed by atoms with Gasteiger partial charge >= 0.3 is 0 Å². The average Bonchev–Trinajstić information content (AvgIpc) is 2.48. The summed E-state index contributed by atoms with van der Waals surface area (Å²) < 4.78 is 0. The van der Waals surface area contributed by atoms with Crippen molar-refractivity contribution in [3.05, 3.63) is 33.9 Å². The molecule has 0 aliphatic rings. The lowest BCUT2D eigenvalue weighted by molar-refractivity contribution is -0.385. The van der Waals surface area contributed by atoms with Crippen LogP contribution in [0.2, 0.25) is 0 Å². The Morgan fingerprint density at radius 2 is 1.96 bits per heavy atom. The molecule has 1 rings (SSSR count). The van der Waals surface area contributed by atoms with Gasteiger partial charge in [0, 0.05) is 12.5 Å². The number of carbonyl (C=O) groups is 1. The van der Waals surface area contributed by atoms with Gasteiger partial charge in [0.1, 0.15) is 0 Å². The topological polar surface area (TPSA) is 84.3 Å². The van der Waals surface area contributed by atoms with Crippen LogP contribution in [-0.4, -0.2) is 15.9 Å². The summed E-state index contributed by atoms with van der Waals surface area (Å²) in [5.74, 6) is -0.137. The first-order valence-electron chi connectivity index (χ1n) is 7.80. The molecule has 6 nitrogen and oxygen atoms in total. The lowest BCUT2D eigenvalue weighted by Gasteiger charge is -2.11. The fourth-order valence-corrected chi connectivity index (χ4v) is 2.41. The zero-order valence-electron chi connectivity index (χ0n) is 13.6. The number of hydrogen-bond acceptors (Lipinski definition) is 4. The molecule has 7 heteroatoms. The van der Waals surface area contributed by atoms with E-state index in [2.05, 4.69) is 17.6 Å². The Morgan fingerprint density at radius 3 is 2.61 bits per heavy atom. The normalized spacial score (nSPS) is 10.2. The number of thiocarbonyl (C=S) groups is 1. The first-order valence-corrected chi connectivity index (χ1v) is 8.21. The Hall–Kier alpha value is -2.02. The summed E-state index contributed by atoms with van der Waals surface area (Å²) in [6.45, 7) is 3.78. The number of rotatable bonds is 8. The highest BCUT2D eigenvalue weighted by Gasteiger charge is 2.14. The third kappa shape index (κ3) is 6.73. The Kier molecular flexibility index (Phi) is 8.18. The Labute approximate surface area is 141 Å². The molecule has 0 aliphatic heterocycles. The number of anilines is 1. The summed E-state index contributed by atoms with van der Waals surface area (Å²) in [6.07, 6.45) is 5.80. The quantitative estimate of drug-likeness (QED) is 0.323. The molecule has 1 aromatic rings. The van der Waals surface area contributed by atoms with E-state index in [0.29, 0.717) is 17.7 Å². The molecule has 0 saturated carbocycles. The molecule has 126 valence electrons. The van der Waals surface area contributed by atoms with Crippen LogP contribution in [0, 0.1) is 17.0 Å². The van der Waals surface area contributed by atoms with Gasteiger partial charge in [-0.05, 0) is 31.6 Å². The molecule has 23 heavy (non-hydrogen) atoms. The van der Waals surface area contributed by atoms with Gasteiger partial charge in [0.25, 0.3) is 5.69 Å². The first-order chi connectivity index (χ1) is 11.0. The lowest BCUT2D eigenvalue weighted by Crippen LogP contribution is -2.34. The summed E-state index contributed by atoms with van der Waals surface area (Å²) in [5.41, 5.74) is 1.01. The van der Waals surface area contributed by atoms with Crippen molar-refractivity contribution >= 4 is 34.6 Å². The fourth-order valence-electron chi connectivity index (χ4n) is 2.19. The molecule has 0 unspecified atom stereocenters. The van der Waals surface area contributed by atoms with Gasteiger partial charge in [-0.1, -0.05) is 38.7 Å². The molecule has 0 fully saturated rings. The van der Waals surface area contributed by atoms with Gasteiger partial charge in [0.2, 0.25) is 5.91 Å². The van der Waals surface area contributed by atoms with Crippen molar-refractivity contribution in [2.75, 3.05) is 5.32 Å². The van der Waals surface area contributed by atoms with Crippen LogP contribution in [0.4, 0.5) is 11.4 Å². The zero-order valence-corrected chi connectivity index (χ0v) is 14.4. The third-order valence-electron chi connectivity index (χ3n) is 3.51. The van der Waals surface area contributed by atoms with Gasteiger partial charge < -0.3 is 10.6 Å². The number of unbranched alkanes of at least 4 members (excludes halogenated alkanes) is 4. The highest BCUT2D eigenvalue weighted by molar-refractivity contribution is 7.80. The van der Waals surface area contributed by atoms with Crippen LogP contribution >= 0.6 is 12.2 Å². The molecule has 0 atom stereocenters. The zero-order chi connectivity index (χ0) is 17.2. The van der Waals surface area contributed by atoms with E-state index in [9.17, 15) is 14.9 Å². The van der Waals surface area contributed by atoms with Crippen LogP contribution in [-0.2, 0) is 4.79 Å². The number of carbonyl (C=O) groups excluding carboxylic acids is 1. The van der Waals surface area contributed by atoms with E-state index < -0.39 is 4.92 Å². The Bertz CT molecular complexity index is 576. The molecular weight excluding hydrogens is 314 g/mol. The molecule has 0 aliphatic carbocycles. The van der Waals surface area contributed by atoms with Crippen molar-refractivity contribution < 1.29 is 9.72 Å². The van der Waals surface area contributed by atoms with Gasteiger partial charge in [-0.3, -0.25) is 14.9 Å². The van der Waals surface area contributed by atoms with Crippen molar-refractivity contribution in [1.29, 1.82) is 0 Å². The summed E-state index contributed by atoms with van der Waals surface area (Å²) in [5, 5.41) is 16.5. The third-order valence-corrected chi connectivity index (χ3v) is 3.71. The second-order valence-corrected chi connectivity index (χ2v) is 5.78. The van der Waals surface area contributed by atoms with Gasteiger partial charge in [0.05, 0.1) is 16.2 Å².